The van der Waals surface area contributed by atoms with Crippen molar-refractivity contribution in [3.63, 3.8) is 0 Å². The van der Waals surface area contributed by atoms with Crippen LogP contribution in [0.25, 0.3) is 0 Å². The maximum atomic E-state index is 11.0. The molecule has 0 aliphatic rings. The summed E-state index contributed by atoms with van der Waals surface area (Å²) in [6.07, 6.45) is 1.19. The number of anilines is 1. The molecule has 0 amide bonds. The lowest BCUT2D eigenvalue weighted by Crippen LogP contribution is -2.11. The molecule has 14 heavy (non-hydrogen) atoms. The fourth-order valence-corrected chi connectivity index (χ4v) is 0.842. The molecule has 1 aromatic rings. The normalized spacial score (nSPS) is 12.7. The van der Waals surface area contributed by atoms with E-state index in [1.54, 1.807) is 6.92 Å². The number of hydrogen-bond acceptors (Lipinski definition) is 3. The molecule has 0 bridgehead atoms. The smallest absolute Gasteiger partial charge is 0.193 e. The predicted molar refractivity (Wildman–Crippen MR) is 58.9 cm³/mol. The van der Waals surface area contributed by atoms with Gasteiger partial charge in [-0.05, 0) is 19.1 Å². The van der Waals surface area contributed by atoms with Gasteiger partial charge in [-0.25, -0.2) is 0 Å². The number of alkyl halides is 1. The van der Waals surface area contributed by atoms with Crippen LogP contribution in [0.4, 0.5) is 5.69 Å². The lowest BCUT2D eigenvalue weighted by Gasteiger charge is -1.98. The van der Waals surface area contributed by atoms with Crippen molar-refractivity contribution in [2.45, 2.75) is 12.3 Å². The Bertz CT molecular complexity index is 322. The van der Waals surface area contributed by atoms with E-state index >= 15 is 0 Å². The number of para-hydroxylation sites is 1. The molecule has 0 aliphatic carbocycles. The van der Waals surface area contributed by atoms with Crippen molar-refractivity contribution in [3.8, 4) is 0 Å². The third-order valence-electron chi connectivity index (χ3n) is 1.55. The van der Waals surface area contributed by atoms with E-state index in [1.807, 2.05) is 30.3 Å². The highest BCUT2D eigenvalue weighted by Gasteiger charge is 2.04. The predicted octanol–water partition coefficient (Wildman–Crippen LogP) is 2.28. The number of hydrogen-bond donors (Lipinski definition) is 1. The van der Waals surface area contributed by atoms with Gasteiger partial charge in [0.15, 0.2) is 5.78 Å². The number of Topliss-reactive ketones (excluding diaryl/α,β-unsaturated/α-hetero) is 1. The topological polar surface area (TPSA) is 41.5 Å². The maximum absolute atomic E-state index is 11.0. The van der Waals surface area contributed by atoms with Crippen LogP contribution >= 0.6 is 11.6 Å². The van der Waals surface area contributed by atoms with Crippen molar-refractivity contribution in [1.29, 1.82) is 0 Å². The molecule has 0 radical (unpaired) electrons. The highest BCUT2D eigenvalue weighted by molar-refractivity contribution is 6.44. The zero-order valence-corrected chi connectivity index (χ0v) is 8.53. The Kier molecular flexibility index (Phi) is 4.13. The lowest BCUT2D eigenvalue weighted by molar-refractivity contribution is -0.112. The van der Waals surface area contributed by atoms with Gasteiger partial charge in [0.2, 0.25) is 0 Å². The zero-order chi connectivity index (χ0) is 10.4. The number of carbonyl (C=O) groups is 1. The van der Waals surface area contributed by atoms with Gasteiger partial charge in [-0.3, -0.25) is 10.2 Å². The van der Waals surface area contributed by atoms with Gasteiger partial charge in [0.25, 0.3) is 0 Å². The molecule has 4 heteroatoms. The third-order valence-corrected chi connectivity index (χ3v) is 1.77. The van der Waals surface area contributed by atoms with Crippen LogP contribution in [0.1, 0.15) is 6.92 Å². The molecule has 0 heterocycles. The summed E-state index contributed by atoms with van der Waals surface area (Å²) in [6, 6.07) is 9.37. The largest absolute Gasteiger partial charge is 0.291 e. The molecule has 0 saturated carbocycles. The summed E-state index contributed by atoms with van der Waals surface area (Å²) in [5.41, 5.74) is 3.55. The molecule has 0 spiro atoms. The zero-order valence-electron chi connectivity index (χ0n) is 7.77. The van der Waals surface area contributed by atoms with Crippen LogP contribution in [0.15, 0.2) is 35.4 Å². The Hall–Kier alpha value is -1.35. The molecule has 0 saturated heterocycles. The number of nitrogens with one attached hydrogen (secondary N) is 1. The molecule has 0 fully saturated rings. The summed E-state index contributed by atoms with van der Waals surface area (Å²) in [7, 11) is 0. The Labute approximate surface area is 87.8 Å². The second-order valence-electron chi connectivity index (χ2n) is 2.75. The number of benzene rings is 1. The molecule has 1 N–H and O–H groups in total. The average Bonchev–Trinajstić information content (AvgIpc) is 2.19. The highest BCUT2D eigenvalue weighted by Crippen LogP contribution is 2.03. The number of rotatable bonds is 4. The van der Waals surface area contributed by atoms with E-state index in [1.165, 1.54) is 6.21 Å². The molecule has 74 valence electrons. The summed E-state index contributed by atoms with van der Waals surface area (Å²) in [6.45, 7) is 1.61. The minimum Gasteiger partial charge on any atom is -0.291 e. The monoisotopic (exact) mass is 210 g/mol. The van der Waals surface area contributed by atoms with Crippen molar-refractivity contribution in [2.24, 2.45) is 5.10 Å². The molecule has 1 atom stereocenters. The van der Waals surface area contributed by atoms with Crippen LogP contribution in [0.2, 0.25) is 0 Å². The van der Waals surface area contributed by atoms with Crippen LogP contribution in [0.3, 0.4) is 0 Å². The van der Waals surface area contributed by atoms with Crippen molar-refractivity contribution < 1.29 is 4.79 Å². The Morgan fingerprint density at radius 3 is 2.71 bits per heavy atom. The summed E-state index contributed by atoms with van der Waals surface area (Å²) in [5, 5.41) is 3.22. The number of halogens is 1. The first-order chi connectivity index (χ1) is 6.70. The van der Waals surface area contributed by atoms with Crippen LogP contribution in [0.5, 0.6) is 0 Å². The van der Waals surface area contributed by atoms with E-state index < -0.39 is 5.38 Å². The van der Waals surface area contributed by atoms with E-state index in [0.29, 0.717) is 0 Å². The lowest BCUT2D eigenvalue weighted by atomic mass is 10.3. The van der Waals surface area contributed by atoms with Crippen LogP contribution in [-0.4, -0.2) is 17.4 Å². The third kappa shape index (κ3) is 3.58. The van der Waals surface area contributed by atoms with Crippen molar-refractivity contribution >= 4 is 29.3 Å². The molecule has 0 aromatic heterocycles. The van der Waals surface area contributed by atoms with Crippen molar-refractivity contribution in [1.82, 2.24) is 0 Å². The van der Waals surface area contributed by atoms with Gasteiger partial charge in [-0.1, -0.05) is 18.2 Å². The fourth-order valence-electron chi connectivity index (χ4n) is 0.786. The SMILES string of the molecule is CC(Cl)C(=O)/C=N\Nc1ccccc1. The molecule has 1 unspecified atom stereocenters. The molecular formula is C10H11ClN2O. The second-order valence-corrected chi connectivity index (χ2v) is 3.41. The average molecular weight is 211 g/mol. The number of nitrogens with zero attached hydrogens (tertiary/aromatic N) is 1. The van der Waals surface area contributed by atoms with Gasteiger partial charge >= 0.3 is 0 Å². The highest BCUT2D eigenvalue weighted by atomic mass is 35.5. The fraction of sp³-hybridized carbons (Fsp3) is 0.200. The molecule has 0 aliphatic heterocycles. The molecule has 3 nitrogen and oxygen atoms in total. The van der Waals surface area contributed by atoms with E-state index in [-0.39, 0.29) is 5.78 Å². The summed E-state index contributed by atoms with van der Waals surface area (Å²) >= 11 is 5.54. The van der Waals surface area contributed by atoms with Crippen molar-refractivity contribution in [2.75, 3.05) is 5.43 Å². The maximum Gasteiger partial charge on any atom is 0.193 e. The summed E-state index contributed by atoms with van der Waals surface area (Å²) < 4.78 is 0. The first-order valence-corrected chi connectivity index (χ1v) is 4.66. The van der Waals surface area contributed by atoms with Gasteiger partial charge in [0.05, 0.1) is 17.3 Å². The van der Waals surface area contributed by atoms with E-state index in [2.05, 4.69) is 10.5 Å². The van der Waals surface area contributed by atoms with Gasteiger partial charge in [-0.15, -0.1) is 11.6 Å². The Morgan fingerprint density at radius 1 is 1.50 bits per heavy atom. The van der Waals surface area contributed by atoms with Gasteiger partial charge in [0.1, 0.15) is 0 Å². The van der Waals surface area contributed by atoms with Gasteiger partial charge in [-0.2, -0.15) is 5.10 Å². The van der Waals surface area contributed by atoms with Gasteiger partial charge < -0.3 is 0 Å². The molecule has 1 rings (SSSR count). The molecular weight excluding hydrogens is 200 g/mol. The summed E-state index contributed by atoms with van der Waals surface area (Å²) in [4.78, 5) is 11.0. The quantitative estimate of drug-likeness (QED) is 0.471. The van der Waals surface area contributed by atoms with Crippen molar-refractivity contribution in [3.05, 3.63) is 30.3 Å². The standard InChI is InChI=1S/C10H11ClN2O/c1-8(11)10(14)7-12-13-9-5-3-2-4-6-9/h2-8,13H,1H3/b12-7-. The number of hydrazone groups is 1. The Balaban J connectivity index is 2.45. The number of carbonyl (C=O) groups excluding carboxylic acids is 1. The Morgan fingerprint density at radius 2 is 2.14 bits per heavy atom. The first-order valence-electron chi connectivity index (χ1n) is 4.22. The van der Waals surface area contributed by atoms with Gasteiger partial charge in [0, 0.05) is 0 Å². The molecule has 1 aromatic carbocycles. The summed E-state index contributed by atoms with van der Waals surface area (Å²) in [5.74, 6) is -0.213. The van der Waals surface area contributed by atoms with Crippen LogP contribution in [-0.2, 0) is 4.79 Å². The van der Waals surface area contributed by atoms with Crippen LogP contribution in [0, 0.1) is 0 Å². The van der Waals surface area contributed by atoms with E-state index in [4.69, 9.17) is 11.6 Å². The minimum absolute atomic E-state index is 0.213. The first kappa shape index (κ1) is 10.7. The minimum atomic E-state index is -0.531. The number of ketones is 1. The van der Waals surface area contributed by atoms with E-state index in [9.17, 15) is 4.79 Å². The van der Waals surface area contributed by atoms with Crippen LogP contribution < -0.4 is 5.43 Å². The van der Waals surface area contributed by atoms with E-state index in [0.717, 1.165) is 5.69 Å². The second kappa shape index (κ2) is 5.40.